The summed E-state index contributed by atoms with van der Waals surface area (Å²) in [5, 5.41) is 24.2. The van der Waals surface area contributed by atoms with Crippen molar-refractivity contribution < 1.29 is 33.9 Å². The molecule has 1 rings (SSSR count). The fourth-order valence-corrected chi connectivity index (χ4v) is 5.25. The maximum Gasteiger partial charge on any atom is 0.252 e. The quantitative estimate of drug-likeness (QED) is 0.0912. The van der Waals surface area contributed by atoms with Gasteiger partial charge in [0.25, 0.3) is 5.91 Å². The van der Waals surface area contributed by atoms with Crippen molar-refractivity contribution in [2.45, 2.75) is 118 Å². The number of amides is 5. The van der Waals surface area contributed by atoms with Crippen LogP contribution < -0.4 is 31.3 Å². The number of nitrogens with zero attached hydrogens (tertiary/aromatic N) is 2. The Balaban J connectivity index is 3.05. The Morgan fingerprint density at radius 3 is 1.94 bits per heavy atom. The number of aromatic nitrogens is 1. The molecule has 0 aliphatic carbocycles. The number of hydrogen-bond donors (Lipinski definition) is 6. The molecule has 6 N–H and O–H groups in total. The molecule has 0 spiro atoms. The maximum atomic E-state index is 13.8. The van der Waals surface area contributed by atoms with Crippen molar-refractivity contribution in [3.8, 4) is 0 Å². The van der Waals surface area contributed by atoms with Gasteiger partial charge in [-0.2, -0.15) is 0 Å². The molecule has 0 saturated carbocycles. The van der Waals surface area contributed by atoms with E-state index in [4.69, 9.17) is 0 Å². The highest BCUT2D eigenvalue weighted by atomic mass is 16.5. The molecule has 1 aromatic rings. The van der Waals surface area contributed by atoms with E-state index in [0.717, 1.165) is 4.73 Å². The number of rotatable bonds is 20. The highest BCUT2D eigenvalue weighted by molar-refractivity contribution is 5.98. The predicted molar refractivity (Wildman–Crippen MR) is 180 cm³/mol. The number of likely N-dealkylation sites (N-methyl/N-ethyl adjacent to an activating group) is 2. The summed E-state index contributed by atoms with van der Waals surface area (Å²) in [5.41, 5.74) is 0.290. The van der Waals surface area contributed by atoms with Gasteiger partial charge < -0.3 is 31.5 Å². The molecule has 5 atom stereocenters. The van der Waals surface area contributed by atoms with E-state index >= 15 is 0 Å². The Labute approximate surface area is 281 Å². The van der Waals surface area contributed by atoms with Crippen molar-refractivity contribution in [1.29, 1.82) is 0 Å². The number of nitrogens with one attached hydrogen (secondary N) is 5. The lowest BCUT2D eigenvalue weighted by Crippen LogP contribution is -2.57. The van der Waals surface area contributed by atoms with E-state index in [-0.39, 0.29) is 47.4 Å². The summed E-state index contributed by atoms with van der Waals surface area (Å²) in [6.45, 7) is 18.0. The first-order chi connectivity index (χ1) is 22.0. The van der Waals surface area contributed by atoms with E-state index < -0.39 is 30.1 Å². The van der Waals surface area contributed by atoms with Gasteiger partial charge in [-0.25, -0.2) is 0 Å². The standard InChI is InChI=1S/C34H59N7O6/c1-11-13-28(40(10)34(46)27(19-22(5)6)38-31(43)25-14-16-41(47)17-15-25)32(44)37-26(18-21(3)4)20-36-24(9)30(42)39-29(23(7)8)33(45)35-12-2/h14-17,21-24,26-29,36H,11-13,18-20H2,1-10H3,(H4-,35,37,38,39,42,43,44,45,47)/p+1/t24-,26?,27?,28-,29?/m0/s1. The lowest BCUT2D eigenvalue weighted by molar-refractivity contribution is -0.904. The zero-order valence-electron chi connectivity index (χ0n) is 30.1. The molecule has 0 bridgehead atoms. The Morgan fingerprint density at radius 1 is 0.830 bits per heavy atom. The van der Waals surface area contributed by atoms with E-state index in [2.05, 4.69) is 26.6 Å². The van der Waals surface area contributed by atoms with Crippen LogP contribution in [0.5, 0.6) is 0 Å². The smallest absolute Gasteiger partial charge is 0.252 e. The minimum Gasteiger partial charge on any atom is -0.355 e. The van der Waals surface area contributed by atoms with Gasteiger partial charge in [0, 0.05) is 43.0 Å². The topological polar surface area (TPSA) is 173 Å². The molecular weight excluding hydrogens is 602 g/mol. The Morgan fingerprint density at radius 2 is 1.43 bits per heavy atom. The van der Waals surface area contributed by atoms with Crippen LogP contribution in [0.4, 0.5) is 0 Å². The van der Waals surface area contributed by atoms with Crippen molar-refractivity contribution in [1.82, 2.24) is 31.5 Å². The largest absolute Gasteiger partial charge is 0.355 e. The summed E-state index contributed by atoms with van der Waals surface area (Å²) in [6.07, 6.45) is 4.73. The van der Waals surface area contributed by atoms with Crippen molar-refractivity contribution in [3.63, 3.8) is 0 Å². The molecule has 0 aromatic carbocycles. The van der Waals surface area contributed by atoms with Gasteiger partial charge in [0.15, 0.2) is 0 Å². The molecule has 0 aliphatic rings. The predicted octanol–water partition coefficient (Wildman–Crippen LogP) is 1.77. The van der Waals surface area contributed by atoms with E-state index in [1.807, 2.05) is 55.4 Å². The van der Waals surface area contributed by atoms with E-state index in [0.29, 0.717) is 44.3 Å². The Hall–Kier alpha value is -3.74. The molecule has 0 fully saturated rings. The molecule has 13 nitrogen and oxygen atoms in total. The van der Waals surface area contributed by atoms with Crippen molar-refractivity contribution >= 4 is 29.5 Å². The van der Waals surface area contributed by atoms with Crippen LogP contribution in [0.25, 0.3) is 0 Å². The molecule has 3 unspecified atom stereocenters. The first kappa shape index (κ1) is 41.3. The van der Waals surface area contributed by atoms with Crippen LogP contribution in [0.2, 0.25) is 0 Å². The van der Waals surface area contributed by atoms with Gasteiger partial charge in [-0.15, -0.1) is 0 Å². The third-order valence-electron chi connectivity index (χ3n) is 7.83. The highest BCUT2D eigenvalue weighted by Gasteiger charge is 2.33. The number of carbonyl (C=O) groups excluding carboxylic acids is 5. The molecular formula is C34H60N7O6+. The van der Waals surface area contributed by atoms with E-state index in [9.17, 15) is 29.2 Å². The molecule has 0 radical (unpaired) electrons. The van der Waals surface area contributed by atoms with E-state index in [1.165, 1.54) is 29.4 Å². The van der Waals surface area contributed by atoms with Crippen LogP contribution in [0, 0.1) is 17.8 Å². The average Bonchev–Trinajstić information content (AvgIpc) is 2.99. The van der Waals surface area contributed by atoms with Crippen LogP contribution in [-0.4, -0.2) is 90.0 Å². The molecule has 1 aromatic heterocycles. The minimum atomic E-state index is -0.859. The first-order valence-electron chi connectivity index (χ1n) is 16.9. The zero-order chi connectivity index (χ0) is 35.8. The van der Waals surface area contributed by atoms with E-state index in [1.54, 1.807) is 14.0 Å². The summed E-state index contributed by atoms with van der Waals surface area (Å²) >= 11 is 0. The van der Waals surface area contributed by atoms with Crippen molar-refractivity contribution in [2.24, 2.45) is 17.8 Å². The fourth-order valence-electron chi connectivity index (χ4n) is 5.25. The van der Waals surface area contributed by atoms with Crippen LogP contribution in [0.1, 0.15) is 98.4 Å². The summed E-state index contributed by atoms with van der Waals surface area (Å²) in [6, 6.07) is -0.356. The van der Waals surface area contributed by atoms with Crippen LogP contribution in [-0.2, 0) is 19.2 Å². The van der Waals surface area contributed by atoms with Gasteiger partial charge in [-0.3, -0.25) is 29.2 Å². The molecule has 5 amide bonds. The van der Waals surface area contributed by atoms with Crippen LogP contribution in [0.15, 0.2) is 24.5 Å². The third kappa shape index (κ3) is 14.3. The van der Waals surface area contributed by atoms with Crippen LogP contribution in [0.3, 0.4) is 0 Å². The molecule has 266 valence electrons. The molecule has 13 heteroatoms. The summed E-state index contributed by atoms with van der Waals surface area (Å²) in [5.74, 6) is -1.46. The highest BCUT2D eigenvalue weighted by Crippen LogP contribution is 2.15. The lowest BCUT2D eigenvalue weighted by Gasteiger charge is -2.33. The Bertz CT molecular complexity index is 1160. The van der Waals surface area contributed by atoms with Crippen molar-refractivity contribution in [3.05, 3.63) is 30.1 Å². The minimum absolute atomic E-state index is 0.0870. The number of pyridine rings is 1. The SMILES string of the molecule is CCC[C@@H](C(=O)NC(CN[C@@H](C)C(=O)NC(C(=O)NCC)C(C)C)CC(C)C)N(C)C(=O)C(CC(C)C)NC(=O)c1cc[n+](O)cc1. The van der Waals surface area contributed by atoms with Crippen LogP contribution >= 0.6 is 0 Å². The fraction of sp³-hybridized carbons (Fsp3) is 0.706. The molecule has 0 saturated heterocycles. The number of carbonyl (C=O) groups is 5. The summed E-state index contributed by atoms with van der Waals surface area (Å²) in [4.78, 5) is 67.4. The second-order valence-electron chi connectivity index (χ2n) is 13.5. The molecule has 47 heavy (non-hydrogen) atoms. The maximum absolute atomic E-state index is 13.8. The molecule has 1 heterocycles. The zero-order valence-corrected chi connectivity index (χ0v) is 30.1. The van der Waals surface area contributed by atoms with Gasteiger partial charge in [0.2, 0.25) is 36.0 Å². The van der Waals surface area contributed by atoms with Crippen molar-refractivity contribution in [2.75, 3.05) is 20.1 Å². The van der Waals surface area contributed by atoms with Gasteiger partial charge in [-0.1, -0.05) is 54.9 Å². The summed E-state index contributed by atoms with van der Waals surface area (Å²) in [7, 11) is 1.58. The van der Waals surface area contributed by atoms with Gasteiger partial charge in [0.05, 0.1) is 11.6 Å². The third-order valence-corrected chi connectivity index (χ3v) is 7.83. The Kier molecular flexibility index (Phi) is 18.0. The molecule has 0 aliphatic heterocycles. The number of hydrogen-bond acceptors (Lipinski definition) is 7. The lowest BCUT2D eigenvalue weighted by atomic mass is 9.99. The summed E-state index contributed by atoms with van der Waals surface area (Å²) < 4.78 is 0.823. The average molecular weight is 663 g/mol. The van der Waals surface area contributed by atoms with Gasteiger partial charge in [-0.05, 0) is 50.9 Å². The first-order valence-corrected chi connectivity index (χ1v) is 16.9. The monoisotopic (exact) mass is 662 g/mol. The van der Waals surface area contributed by atoms with Gasteiger partial charge >= 0.3 is 0 Å². The second kappa shape index (κ2) is 20.5. The second-order valence-corrected chi connectivity index (χ2v) is 13.5. The normalized spacial score (nSPS) is 14.6. The van der Waals surface area contributed by atoms with Gasteiger partial charge in [0.1, 0.15) is 18.1 Å².